The fourth-order valence-corrected chi connectivity index (χ4v) is 2.47. The lowest BCUT2D eigenvalue weighted by molar-refractivity contribution is 0.0450. The Labute approximate surface area is 112 Å². The van der Waals surface area contributed by atoms with Crippen LogP contribution in [0.3, 0.4) is 0 Å². The van der Waals surface area contributed by atoms with E-state index in [2.05, 4.69) is 5.32 Å². The highest BCUT2D eigenvalue weighted by Gasteiger charge is 2.31. The van der Waals surface area contributed by atoms with Gasteiger partial charge in [0, 0.05) is 6.54 Å². The van der Waals surface area contributed by atoms with Gasteiger partial charge >= 0.3 is 0 Å². The Morgan fingerprint density at radius 1 is 1.47 bits per heavy atom. The molecule has 0 aliphatic heterocycles. The molecule has 104 valence electrons. The molecule has 0 saturated heterocycles. The normalized spacial score (nSPS) is 17.2. The average Bonchev–Trinajstić information content (AvgIpc) is 2.84. The second-order valence-corrected chi connectivity index (χ2v) is 5.04. The van der Waals surface area contributed by atoms with Gasteiger partial charge in [0.1, 0.15) is 5.75 Å². The first-order valence-electron chi connectivity index (χ1n) is 6.49. The summed E-state index contributed by atoms with van der Waals surface area (Å²) in [5.41, 5.74) is 5.80. The summed E-state index contributed by atoms with van der Waals surface area (Å²) in [5.74, 6) is 0.198. The van der Waals surface area contributed by atoms with Crippen LogP contribution in [0.5, 0.6) is 5.75 Å². The first kappa shape index (κ1) is 13.7. The second-order valence-electron chi connectivity index (χ2n) is 5.04. The minimum absolute atomic E-state index is 0.266. The number of amides is 1. The molecule has 1 aliphatic rings. The van der Waals surface area contributed by atoms with E-state index in [0.29, 0.717) is 17.0 Å². The number of nitrogens with two attached hydrogens (primary N) is 1. The molecule has 0 heterocycles. The summed E-state index contributed by atoms with van der Waals surface area (Å²) < 4.78 is 5.08. The van der Waals surface area contributed by atoms with E-state index in [9.17, 15) is 9.90 Å². The summed E-state index contributed by atoms with van der Waals surface area (Å²) in [6.07, 6.45) is 3.49. The topological polar surface area (TPSA) is 84.6 Å². The first-order valence-corrected chi connectivity index (χ1v) is 6.49. The lowest BCUT2D eigenvalue weighted by Crippen LogP contribution is -2.40. The third kappa shape index (κ3) is 2.98. The first-order chi connectivity index (χ1) is 9.06. The number of para-hydroxylation sites is 1. The maximum atomic E-state index is 12.1. The summed E-state index contributed by atoms with van der Waals surface area (Å²) in [4.78, 5) is 12.1. The summed E-state index contributed by atoms with van der Waals surface area (Å²) in [7, 11) is 1.51. The number of methoxy groups -OCH3 is 1. The van der Waals surface area contributed by atoms with Crippen LogP contribution in [0.25, 0.3) is 0 Å². The molecule has 0 spiro atoms. The molecule has 1 fully saturated rings. The molecule has 0 unspecified atom stereocenters. The SMILES string of the molecule is COc1cccc(C(=O)NCC2(O)CCCC2)c1N. The Morgan fingerprint density at radius 2 is 2.16 bits per heavy atom. The number of carbonyl (C=O) groups excluding carboxylic acids is 1. The number of rotatable bonds is 4. The number of aliphatic hydroxyl groups is 1. The zero-order valence-electron chi connectivity index (χ0n) is 11.1. The zero-order valence-corrected chi connectivity index (χ0v) is 11.1. The Hall–Kier alpha value is -1.75. The minimum atomic E-state index is -0.761. The van der Waals surface area contributed by atoms with Gasteiger partial charge in [-0.3, -0.25) is 4.79 Å². The number of nitrogens with one attached hydrogen (secondary N) is 1. The predicted octanol–water partition coefficient (Wildman–Crippen LogP) is 1.31. The molecule has 19 heavy (non-hydrogen) atoms. The molecule has 1 aliphatic carbocycles. The lowest BCUT2D eigenvalue weighted by atomic mass is 10.0. The molecule has 1 saturated carbocycles. The minimum Gasteiger partial charge on any atom is -0.495 e. The van der Waals surface area contributed by atoms with Gasteiger partial charge in [0.05, 0.1) is 24.0 Å². The van der Waals surface area contributed by atoms with E-state index >= 15 is 0 Å². The molecule has 2 rings (SSSR count). The zero-order chi connectivity index (χ0) is 13.9. The maximum absolute atomic E-state index is 12.1. The van der Waals surface area contributed by atoms with Crippen molar-refractivity contribution in [3.8, 4) is 5.75 Å². The van der Waals surface area contributed by atoms with Gasteiger partial charge in [0.2, 0.25) is 0 Å². The summed E-state index contributed by atoms with van der Waals surface area (Å²) in [5, 5.41) is 12.9. The van der Waals surface area contributed by atoms with Crippen molar-refractivity contribution in [2.45, 2.75) is 31.3 Å². The number of anilines is 1. The van der Waals surface area contributed by atoms with Gasteiger partial charge in [-0.2, -0.15) is 0 Å². The summed E-state index contributed by atoms with van der Waals surface area (Å²) in [6.45, 7) is 0.266. The third-order valence-corrected chi connectivity index (χ3v) is 3.64. The Bertz CT molecular complexity index is 468. The molecule has 0 radical (unpaired) electrons. The molecule has 4 N–H and O–H groups in total. The highest BCUT2D eigenvalue weighted by atomic mass is 16.5. The highest BCUT2D eigenvalue weighted by molar-refractivity contribution is 6.00. The van der Waals surface area contributed by atoms with Crippen LogP contribution in [-0.4, -0.2) is 30.3 Å². The van der Waals surface area contributed by atoms with Crippen molar-refractivity contribution in [2.75, 3.05) is 19.4 Å². The van der Waals surface area contributed by atoms with E-state index in [0.717, 1.165) is 25.7 Å². The number of hydrogen-bond donors (Lipinski definition) is 3. The number of carbonyl (C=O) groups is 1. The largest absolute Gasteiger partial charge is 0.495 e. The maximum Gasteiger partial charge on any atom is 0.253 e. The molecular formula is C14H20N2O3. The fraction of sp³-hybridized carbons (Fsp3) is 0.500. The van der Waals surface area contributed by atoms with Crippen LogP contribution in [0.15, 0.2) is 18.2 Å². The third-order valence-electron chi connectivity index (χ3n) is 3.64. The van der Waals surface area contributed by atoms with Gasteiger partial charge in [-0.05, 0) is 25.0 Å². The quantitative estimate of drug-likeness (QED) is 0.716. The van der Waals surface area contributed by atoms with Gasteiger partial charge in [-0.15, -0.1) is 0 Å². The number of ether oxygens (including phenoxy) is 1. The lowest BCUT2D eigenvalue weighted by Gasteiger charge is -2.22. The van der Waals surface area contributed by atoms with Crippen molar-refractivity contribution in [1.29, 1.82) is 0 Å². The van der Waals surface area contributed by atoms with Crippen LogP contribution < -0.4 is 15.8 Å². The van der Waals surface area contributed by atoms with Crippen LogP contribution in [0.4, 0.5) is 5.69 Å². The average molecular weight is 264 g/mol. The molecule has 1 aromatic rings. The van der Waals surface area contributed by atoms with Gasteiger partial charge in [-0.1, -0.05) is 18.9 Å². The monoisotopic (exact) mass is 264 g/mol. The number of benzene rings is 1. The molecule has 0 aromatic heterocycles. The summed E-state index contributed by atoms with van der Waals surface area (Å²) >= 11 is 0. The van der Waals surface area contributed by atoms with E-state index in [1.54, 1.807) is 18.2 Å². The standard InChI is InChI=1S/C14H20N2O3/c1-19-11-6-4-5-10(12(11)15)13(17)16-9-14(18)7-2-3-8-14/h4-6,18H,2-3,7-9,15H2,1H3,(H,16,17). The van der Waals surface area contributed by atoms with E-state index in [1.165, 1.54) is 7.11 Å². The Kier molecular flexibility index (Phi) is 3.95. The molecule has 5 nitrogen and oxygen atoms in total. The van der Waals surface area contributed by atoms with Gasteiger partial charge in [-0.25, -0.2) is 0 Å². The van der Waals surface area contributed by atoms with Crippen molar-refractivity contribution in [3.05, 3.63) is 23.8 Å². The van der Waals surface area contributed by atoms with Crippen molar-refractivity contribution in [1.82, 2.24) is 5.32 Å². The van der Waals surface area contributed by atoms with Crippen molar-refractivity contribution < 1.29 is 14.6 Å². The summed E-state index contributed by atoms with van der Waals surface area (Å²) in [6, 6.07) is 5.07. The Morgan fingerprint density at radius 3 is 2.79 bits per heavy atom. The van der Waals surface area contributed by atoms with E-state index < -0.39 is 5.60 Å². The molecule has 0 atom stereocenters. The second kappa shape index (κ2) is 5.48. The van der Waals surface area contributed by atoms with Gasteiger partial charge < -0.3 is 20.9 Å². The van der Waals surface area contributed by atoms with Crippen LogP contribution in [0.2, 0.25) is 0 Å². The molecule has 5 heteroatoms. The van der Waals surface area contributed by atoms with E-state index in [4.69, 9.17) is 10.5 Å². The van der Waals surface area contributed by atoms with Gasteiger partial charge in [0.25, 0.3) is 5.91 Å². The molecule has 0 bridgehead atoms. The van der Waals surface area contributed by atoms with Crippen molar-refractivity contribution in [2.24, 2.45) is 0 Å². The van der Waals surface area contributed by atoms with Gasteiger partial charge in [0.15, 0.2) is 0 Å². The van der Waals surface area contributed by atoms with Crippen LogP contribution >= 0.6 is 0 Å². The van der Waals surface area contributed by atoms with Crippen LogP contribution in [0.1, 0.15) is 36.0 Å². The highest BCUT2D eigenvalue weighted by Crippen LogP contribution is 2.29. The van der Waals surface area contributed by atoms with Crippen LogP contribution in [0, 0.1) is 0 Å². The smallest absolute Gasteiger partial charge is 0.253 e. The molecular weight excluding hydrogens is 244 g/mol. The molecule has 1 amide bonds. The van der Waals surface area contributed by atoms with Crippen LogP contribution in [-0.2, 0) is 0 Å². The van der Waals surface area contributed by atoms with Crippen molar-refractivity contribution in [3.63, 3.8) is 0 Å². The van der Waals surface area contributed by atoms with E-state index in [-0.39, 0.29) is 12.5 Å². The fourth-order valence-electron chi connectivity index (χ4n) is 2.47. The Balaban J connectivity index is 2.04. The van der Waals surface area contributed by atoms with Crippen molar-refractivity contribution >= 4 is 11.6 Å². The van der Waals surface area contributed by atoms with E-state index in [1.807, 2.05) is 0 Å². The number of hydrogen-bond acceptors (Lipinski definition) is 4. The number of nitrogen functional groups attached to an aromatic ring is 1. The molecule has 1 aromatic carbocycles. The predicted molar refractivity (Wildman–Crippen MR) is 73.2 cm³/mol.